The Morgan fingerprint density at radius 3 is 2.38 bits per heavy atom. The Labute approximate surface area is 191 Å². The van der Waals surface area contributed by atoms with Gasteiger partial charge in [-0.2, -0.15) is 0 Å². The molecule has 0 bridgehead atoms. The molecule has 3 amide bonds. The topological polar surface area (TPSA) is 115 Å². The number of ether oxygens (including phenoxy) is 1. The number of carbonyl (C=O) groups is 2. The standard InChI is InChI=1S/C22H25ClN6O3/c23-16-3-5-17(6-4-16)26-21(30)28-11-9-27(10-12-28)13-19-14-29(22(31)32-19)18-7-1-15(2-8-18)20(24)25/h1-8,19H,9-14H2,(H3,24,25)(H,26,30). The average molecular weight is 457 g/mol. The number of nitrogens with one attached hydrogen (secondary N) is 2. The number of nitrogens with zero attached hydrogens (tertiary/aromatic N) is 3. The number of halogens is 1. The molecular formula is C22H25ClN6O3. The van der Waals surface area contributed by atoms with Gasteiger partial charge in [-0.1, -0.05) is 11.6 Å². The van der Waals surface area contributed by atoms with Crippen LogP contribution in [0.15, 0.2) is 48.5 Å². The van der Waals surface area contributed by atoms with Crippen LogP contribution in [0.2, 0.25) is 5.02 Å². The number of amidine groups is 1. The predicted octanol–water partition coefficient (Wildman–Crippen LogP) is 2.80. The molecule has 2 aliphatic rings. The molecule has 2 aromatic rings. The van der Waals surface area contributed by atoms with E-state index in [1.54, 1.807) is 58.3 Å². The van der Waals surface area contributed by atoms with Crippen molar-refractivity contribution in [3.63, 3.8) is 0 Å². The second kappa shape index (κ2) is 9.46. The first-order chi connectivity index (χ1) is 15.4. The summed E-state index contributed by atoms with van der Waals surface area (Å²) in [6.45, 7) is 3.66. The summed E-state index contributed by atoms with van der Waals surface area (Å²) < 4.78 is 5.55. The molecule has 32 heavy (non-hydrogen) atoms. The highest BCUT2D eigenvalue weighted by Crippen LogP contribution is 2.23. The van der Waals surface area contributed by atoms with Crippen LogP contribution in [-0.2, 0) is 4.74 Å². The minimum Gasteiger partial charge on any atom is -0.443 e. The summed E-state index contributed by atoms with van der Waals surface area (Å²) in [6, 6.07) is 13.8. The van der Waals surface area contributed by atoms with Gasteiger partial charge in [0, 0.05) is 54.7 Å². The van der Waals surface area contributed by atoms with E-state index in [2.05, 4.69) is 10.2 Å². The highest BCUT2D eigenvalue weighted by Gasteiger charge is 2.34. The van der Waals surface area contributed by atoms with E-state index in [9.17, 15) is 9.59 Å². The molecule has 0 spiro atoms. The smallest absolute Gasteiger partial charge is 0.414 e. The van der Waals surface area contributed by atoms with Gasteiger partial charge in [0.2, 0.25) is 0 Å². The lowest BCUT2D eigenvalue weighted by Gasteiger charge is -2.35. The Morgan fingerprint density at radius 1 is 1.09 bits per heavy atom. The van der Waals surface area contributed by atoms with E-state index in [-0.39, 0.29) is 24.1 Å². The Kier molecular flexibility index (Phi) is 6.48. The van der Waals surface area contributed by atoms with E-state index >= 15 is 0 Å². The molecule has 0 radical (unpaired) electrons. The third kappa shape index (κ3) is 5.12. The molecule has 1 atom stereocenters. The molecule has 9 nitrogen and oxygen atoms in total. The van der Waals surface area contributed by atoms with Crippen LogP contribution in [0.25, 0.3) is 0 Å². The maximum Gasteiger partial charge on any atom is 0.414 e. The van der Waals surface area contributed by atoms with Crippen molar-refractivity contribution in [2.45, 2.75) is 6.10 Å². The van der Waals surface area contributed by atoms with E-state index in [0.29, 0.717) is 61.2 Å². The Hall–Kier alpha value is -3.30. The van der Waals surface area contributed by atoms with Gasteiger partial charge in [-0.05, 0) is 48.5 Å². The first kappa shape index (κ1) is 21.9. The van der Waals surface area contributed by atoms with Gasteiger partial charge in [-0.25, -0.2) is 9.59 Å². The van der Waals surface area contributed by atoms with Crippen molar-refractivity contribution in [3.05, 3.63) is 59.1 Å². The van der Waals surface area contributed by atoms with Crippen molar-refractivity contribution >= 4 is 40.9 Å². The normalized spacial score (nSPS) is 19.0. The van der Waals surface area contributed by atoms with Crippen LogP contribution < -0.4 is 16.0 Å². The minimum atomic E-state index is -0.383. The van der Waals surface area contributed by atoms with Gasteiger partial charge in [0.15, 0.2) is 0 Å². The number of rotatable bonds is 5. The number of hydrogen-bond donors (Lipinski definition) is 3. The number of cyclic esters (lactones) is 1. The number of benzene rings is 2. The molecule has 0 aromatic heterocycles. The number of urea groups is 1. The van der Waals surface area contributed by atoms with Crippen molar-refractivity contribution in [1.82, 2.24) is 9.80 Å². The number of piperazine rings is 1. The van der Waals surface area contributed by atoms with Crippen molar-refractivity contribution in [1.29, 1.82) is 5.41 Å². The van der Waals surface area contributed by atoms with Crippen LogP contribution >= 0.6 is 11.6 Å². The molecule has 2 fully saturated rings. The van der Waals surface area contributed by atoms with E-state index < -0.39 is 0 Å². The summed E-state index contributed by atoms with van der Waals surface area (Å²) in [6.07, 6.45) is -0.629. The van der Waals surface area contributed by atoms with Gasteiger partial charge in [0.05, 0.1) is 6.54 Å². The Bertz CT molecular complexity index is 990. The summed E-state index contributed by atoms with van der Waals surface area (Å²) in [7, 11) is 0. The maximum atomic E-state index is 12.5. The minimum absolute atomic E-state index is 0.0144. The van der Waals surface area contributed by atoms with Crippen molar-refractivity contribution in [2.75, 3.05) is 49.5 Å². The van der Waals surface area contributed by atoms with Gasteiger partial charge in [0.25, 0.3) is 0 Å². The van der Waals surface area contributed by atoms with Gasteiger partial charge in [0.1, 0.15) is 11.9 Å². The zero-order valence-electron chi connectivity index (χ0n) is 17.5. The number of carbonyl (C=O) groups excluding carboxylic acids is 2. The Morgan fingerprint density at radius 2 is 1.75 bits per heavy atom. The molecule has 2 aliphatic heterocycles. The average Bonchev–Trinajstić information content (AvgIpc) is 3.15. The Balaban J connectivity index is 1.25. The second-order valence-corrected chi connectivity index (χ2v) is 8.24. The fourth-order valence-electron chi connectivity index (χ4n) is 3.81. The quantitative estimate of drug-likeness (QED) is 0.472. The van der Waals surface area contributed by atoms with Crippen LogP contribution in [0.4, 0.5) is 21.0 Å². The second-order valence-electron chi connectivity index (χ2n) is 7.80. The first-order valence-corrected chi connectivity index (χ1v) is 10.7. The molecule has 4 N–H and O–H groups in total. The first-order valence-electron chi connectivity index (χ1n) is 10.4. The van der Waals surface area contributed by atoms with Crippen LogP contribution in [0, 0.1) is 5.41 Å². The monoisotopic (exact) mass is 456 g/mol. The molecule has 0 aliphatic carbocycles. The summed E-state index contributed by atoms with van der Waals surface area (Å²) in [4.78, 5) is 30.4. The van der Waals surface area contributed by atoms with Crippen LogP contribution in [-0.4, -0.2) is 73.1 Å². The molecule has 1 unspecified atom stereocenters. The van der Waals surface area contributed by atoms with E-state index in [0.717, 1.165) is 0 Å². The van der Waals surface area contributed by atoms with Crippen LogP contribution in [0.1, 0.15) is 5.56 Å². The summed E-state index contributed by atoms with van der Waals surface area (Å²) in [5, 5.41) is 11.0. The molecule has 2 aromatic carbocycles. The summed E-state index contributed by atoms with van der Waals surface area (Å²) in [5.41, 5.74) is 7.51. The zero-order chi connectivity index (χ0) is 22.7. The lowest BCUT2D eigenvalue weighted by molar-refractivity contribution is 0.0863. The third-order valence-electron chi connectivity index (χ3n) is 5.58. The summed E-state index contributed by atoms with van der Waals surface area (Å²) in [5.74, 6) is -0.0144. The fraction of sp³-hybridized carbons (Fsp3) is 0.318. The molecular weight excluding hydrogens is 432 g/mol. The highest BCUT2D eigenvalue weighted by molar-refractivity contribution is 6.30. The lowest BCUT2D eigenvalue weighted by atomic mass is 10.2. The van der Waals surface area contributed by atoms with E-state index in [4.69, 9.17) is 27.5 Å². The largest absolute Gasteiger partial charge is 0.443 e. The highest BCUT2D eigenvalue weighted by atomic mass is 35.5. The predicted molar refractivity (Wildman–Crippen MR) is 124 cm³/mol. The SMILES string of the molecule is N=C(N)c1ccc(N2CC(CN3CCN(C(=O)Nc4ccc(Cl)cc4)CC3)OC2=O)cc1. The molecule has 168 valence electrons. The van der Waals surface area contributed by atoms with Gasteiger partial charge in [-0.15, -0.1) is 0 Å². The van der Waals surface area contributed by atoms with E-state index in [1.807, 2.05) is 0 Å². The number of hydrogen-bond acceptors (Lipinski definition) is 5. The molecule has 2 saturated heterocycles. The lowest BCUT2D eigenvalue weighted by Crippen LogP contribution is -2.51. The van der Waals surface area contributed by atoms with Gasteiger partial charge in [-0.3, -0.25) is 15.2 Å². The fourth-order valence-corrected chi connectivity index (χ4v) is 3.93. The maximum absolute atomic E-state index is 12.5. The summed E-state index contributed by atoms with van der Waals surface area (Å²) >= 11 is 5.88. The van der Waals surface area contributed by atoms with Crippen molar-refractivity contribution in [2.24, 2.45) is 5.73 Å². The van der Waals surface area contributed by atoms with Gasteiger partial charge >= 0.3 is 12.1 Å². The number of nitrogens with two attached hydrogens (primary N) is 1. The number of nitrogen functional groups attached to an aromatic ring is 1. The zero-order valence-corrected chi connectivity index (χ0v) is 18.2. The molecule has 2 heterocycles. The van der Waals surface area contributed by atoms with Crippen molar-refractivity contribution < 1.29 is 14.3 Å². The third-order valence-corrected chi connectivity index (χ3v) is 5.83. The molecule has 0 saturated carbocycles. The van der Waals surface area contributed by atoms with Crippen molar-refractivity contribution in [3.8, 4) is 0 Å². The van der Waals surface area contributed by atoms with E-state index in [1.165, 1.54) is 0 Å². The van der Waals surface area contributed by atoms with Gasteiger partial charge < -0.3 is 20.7 Å². The van der Waals surface area contributed by atoms with Crippen LogP contribution in [0.3, 0.4) is 0 Å². The molecule has 4 rings (SSSR count). The van der Waals surface area contributed by atoms with Crippen LogP contribution in [0.5, 0.6) is 0 Å². The number of amides is 3. The molecule has 10 heteroatoms. The number of anilines is 2.